The first-order valence-corrected chi connectivity index (χ1v) is 7.93. The van der Waals surface area contributed by atoms with Gasteiger partial charge in [0.15, 0.2) is 0 Å². The predicted molar refractivity (Wildman–Crippen MR) is 91.5 cm³/mol. The largest absolute Gasteiger partial charge is 0.491 e. The lowest BCUT2D eigenvalue weighted by Gasteiger charge is -2.15. The summed E-state index contributed by atoms with van der Waals surface area (Å²) >= 11 is 0. The van der Waals surface area contributed by atoms with Crippen LogP contribution >= 0.6 is 0 Å². The summed E-state index contributed by atoms with van der Waals surface area (Å²) in [4.78, 5) is 12.5. The molecule has 0 bridgehead atoms. The van der Waals surface area contributed by atoms with Crippen molar-refractivity contribution in [1.29, 1.82) is 5.26 Å². The first kappa shape index (κ1) is 16.8. The molecule has 2 rings (SSSR count). The summed E-state index contributed by atoms with van der Waals surface area (Å²) in [5.74, 6) is 0.814. The molecule has 0 saturated heterocycles. The van der Waals surface area contributed by atoms with Crippen LogP contribution in [-0.2, 0) is 13.0 Å². The Hall–Kier alpha value is -2.54. The molecule has 1 aromatic carbocycles. The fourth-order valence-corrected chi connectivity index (χ4v) is 2.52. The van der Waals surface area contributed by atoms with Gasteiger partial charge in [-0.15, -0.1) is 0 Å². The minimum atomic E-state index is -0.0755. The SMILES string of the molecule is CCCn1c(-c2ccc(OC(C)C)cc2)ccc(CC#N)c1=O. The van der Waals surface area contributed by atoms with E-state index in [1.165, 1.54) is 0 Å². The molecule has 23 heavy (non-hydrogen) atoms. The van der Waals surface area contributed by atoms with Crippen molar-refractivity contribution in [2.75, 3.05) is 0 Å². The van der Waals surface area contributed by atoms with Gasteiger partial charge < -0.3 is 9.30 Å². The Balaban J connectivity index is 2.44. The molecule has 0 saturated carbocycles. The fourth-order valence-electron chi connectivity index (χ4n) is 2.52. The van der Waals surface area contributed by atoms with Gasteiger partial charge in [-0.2, -0.15) is 5.26 Å². The third kappa shape index (κ3) is 4.01. The van der Waals surface area contributed by atoms with E-state index in [2.05, 4.69) is 0 Å². The minimum absolute atomic E-state index is 0.0755. The second kappa shape index (κ2) is 7.64. The number of aromatic nitrogens is 1. The highest BCUT2D eigenvalue weighted by Crippen LogP contribution is 2.23. The van der Waals surface area contributed by atoms with Crippen LogP contribution in [0.1, 0.15) is 32.8 Å². The summed E-state index contributed by atoms with van der Waals surface area (Å²) in [6.07, 6.45) is 1.13. The van der Waals surface area contributed by atoms with Crippen LogP contribution in [0.15, 0.2) is 41.2 Å². The monoisotopic (exact) mass is 310 g/mol. The number of nitrogens with zero attached hydrogens (tertiary/aromatic N) is 2. The molecule has 4 nitrogen and oxygen atoms in total. The number of hydrogen-bond acceptors (Lipinski definition) is 3. The maximum atomic E-state index is 12.5. The van der Waals surface area contributed by atoms with Crippen molar-refractivity contribution in [3.8, 4) is 23.1 Å². The van der Waals surface area contributed by atoms with E-state index >= 15 is 0 Å². The van der Waals surface area contributed by atoms with Crippen LogP contribution in [0.4, 0.5) is 0 Å². The van der Waals surface area contributed by atoms with E-state index in [-0.39, 0.29) is 18.1 Å². The topological polar surface area (TPSA) is 55.0 Å². The zero-order valence-corrected chi connectivity index (χ0v) is 13.9. The summed E-state index contributed by atoms with van der Waals surface area (Å²) < 4.78 is 7.41. The van der Waals surface area contributed by atoms with Crippen LogP contribution in [0.3, 0.4) is 0 Å². The molecule has 0 amide bonds. The van der Waals surface area contributed by atoms with Gasteiger partial charge in [0, 0.05) is 12.1 Å². The molecule has 1 aromatic heterocycles. The number of benzene rings is 1. The third-order valence-electron chi connectivity index (χ3n) is 3.49. The number of nitriles is 1. The van der Waals surface area contributed by atoms with E-state index in [4.69, 9.17) is 10.00 Å². The van der Waals surface area contributed by atoms with Gasteiger partial charge in [-0.1, -0.05) is 13.0 Å². The molecule has 2 aromatic rings. The molecule has 0 radical (unpaired) electrons. The van der Waals surface area contributed by atoms with Gasteiger partial charge in [0.1, 0.15) is 5.75 Å². The number of ether oxygens (including phenoxy) is 1. The second-order valence-electron chi connectivity index (χ2n) is 5.73. The normalized spacial score (nSPS) is 10.6. The average Bonchev–Trinajstić information content (AvgIpc) is 2.52. The van der Waals surface area contributed by atoms with Crippen molar-refractivity contribution in [3.63, 3.8) is 0 Å². The Bertz CT molecular complexity index is 752. The van der Waals surface area contributed by atoms with E-state index in [1.807, 2.05) is 57.2 Å². The van der Waals surface area contributed by atoms with Gasteiger partial charge in [0.25, 0.3) is 5.56 Å². The highest BCUT2D eigenvalue weighted by Gasteiger charge is 2.10. The lowest BCUT2D eigenvalue weighted by atomic mass is 10.1. The minimum Gasteiger partial charge on any atom is -0.491 e. The van der Waals surface area contributed by atoms with Gasteiger partial charge >= 0.3 is 0 Å². The van der Waals surface area contributed by atoms with Crippen LogP contribution in [0.2, 0.25) is 0 Å². The fraction of sp³-hybridized carbons (Fsp3) is 0.368. The van der Waals surface area contributed by atoms with Crippen molar-refractivity contribution in [1.82, 2.24) is 4.57 Å². The van der Waals surface area contributed by atoms with Crippen LogP contribution in [-0.4, -0.2) is 10.7 Å². The zero-order chi connectivity index (χ0) is 16.8. The van der Waals surface area contributed by atoms with Gasteiger partial charge in [-0.05, 0) is 56.2 Å². The maximum Gasteiger partial charge on any atom is 0.255 e. The van der Waals surface area contributed by atoms with Crippen LogP contribution in [0.5, 0.6) is 5.75 Å². The molecular weight excluding hydrogens is 288 g/mol. The molecule has 4 heteroatoms. The van der Waals surface area contributed by atoms with Crippen LogP contribution in [0.25, 0.3) is 11.3 Å². The Kier molecular flexibility index (Phi) is 5.59. The molecule has 0 unspecified atom stereocenters. The summed E-state index contributed by atoms with van der Waals surface area (Å²) in [6, 6.07) is 13.5. The molecule has 0 aliphatic rings. The first-order valence-electron chi connectivity index (χ1n) is 7.93. The highest BCUT2D eigenvalue weighted by atomic mass is 16.5. The molecule has 0 N–H and O–H groups in total. The van der Waals surface area contributed by atoms with Crippen molar-refractivity contribution < 1.29 is 4.74 Å². The Morgan fingerprint density at radius 3 is 2.43 bits per heavy atom. The Morgan fingerprint density at radius 1 is 1.17 bits per heavy atom. The third-order valence-corrected chi connectivity index (χ3v) is 3.49. The Labute approximate surface area is 137 Å². The highest BCUT2D eigenvalue weighted by molar-refractivity contribution is 5.61. The summed E-state index contributed by atoms with van der Waals surface area (Å²) in [7, 11) is 0. The summed E-state index contributed by atoms with van der Waals surface area (Å²) in [5, 5.41) is 8.84. The van der Waals surface area contributed by atoms with Gasteiger partial charge in [-0.3, -0.25) is 4.79 Å². The maximum absolute atomic E-state index is 12.5. The van der Waals surface area contributed by atoms with E-state index in [9.17, 15) is 4.79 Å². The average molecular weight is 310 g/mol. The van der Waals surface area contributed by atoms with E-state index in [0.29, 0.717) is 12.1 Å². The van der Waals surface area contributed by atoms with E-state index < -0.39 is 0 Å². The summed E-state index contributed by atoms with van der Waals surface area (Å²) in [6.45, 7) is 6.64. The standard InChI is InChI=1S/C19H22N2O2/c1-4-13-21-18(10-7-16(11-12-20)19(21)22)15-5-8-17(9-6-15)23-14(2)3/h5-10,14H,4,11,13H2,1-3H3. The lowest BCUT2D eigenvalue weighted by Crippen LogP contribution is -2.24. The van der Waals surface area contributed by atoms with Gasteiger partial charge in [-0.25, -0.2) is 0 Å². The van der Waals surface area contributed by atoms with Gasteiger partial charge in [0.05, 0.1) is 24.3 Å². The number of hydrogen-bond donors (Lipinski definition) is 0. The van der Waals surface area contributed by atoms with Gasteiger partial charge in [0.2, 0.25) is 0 Å². The van der Waals surface area contributed by atoms with E-state index in [0.717, 1.165) is 23.4 Å². The molecule has 0 spiro atoms. The van der Waals surface area contributed by atoms with Crippen LogP contribution < -0.4 is 10.3 Å². The van der Waals surface area contributed by atoms with Crippen molar-refractivity contribution in [2.24, 2.45) is 0 Å². The second-order valence-corrected chi connectivity index (χ2v) is 5.73. The summed E-state index contributed by atoms with van der Waals surface area (Å²) in [5.41, 5.74) is 2.31. The first-order chi connectivity index (χ1) is 11.1. The Morgan fingerprint density at radius 2 is 1.87 bits per heavy atom. The van der Waals surface area contributed by atoms with Crippen LogP contribution in [0, 0.1) is 11.3 Å². The molecule has 0 aliphatic carbocycles. The quantitative estimate of drug-likeness (QED) is 0.816. The smallest absolute Gasteiger partial charge is 0.255 e. The molecule has 0 fully saturated rings. The molecule has 0 atom stereocenters. The molecule has 120 valence electrons. The number of pyridine rings is 1. The zero-order valence-electron chi connectivity index (χ0n) is 13.9. The number of rotatable bonds is 6. The van der Waals surface area contributed by atoms with E-state index in [1.54, 1.807) is 10.6 Å². The van der Waals surface area contributed by atoms with Crippen molar-refractivity contribution >= 4 is 0 Å². The lowest BCUT2D eigenvalue weighted by molar-refractivity contribution is 0.242. The predicted octanol–water partition coefficient (Wildman–Crippen LogP) is 3.78. The van der Waals surface area contributed by atoms with Crippen molar-refractivity contribution in [3.05, 3.63) is 52.3 Å². The molecule has 0 aliphatic heterocycles. The molecule has 1 heterocycles. The van der Waals surface area contributed by atoms with Crippen molar-refractivity contribution in [2.45, 2.75) is 46.3 Å². The molecular formula is C19H22N2O2.